The van der Waals surface area contributed by atoms with E-state index in [9.17, 15) is 8.42 Å². The number of nitrogens with zero attached hydrogens (tertiary/aromatic N) is 1. The third-order valence-corrected chi connectivity index (χ3v) is 4.92. The molecule has 0 aliphatic rings. The van der Waals surface area contributed by atoms with Crippen molar-refractivity contribution in [3.8, 4) is 5.69 Å². The molecule has 0 saturated heterocycles. The van der Waals surface area contributed by atoms with Crippen LogP contribution < -0.4 is 0 Å². The summed E-state index contributed by atoms with van der Waals surface area (Å²) in [5.41, 5.74) is 2.39. The van der Waals surface area contributed by atoms with Crippen LogP contribution in [0.15, 0.2) is 47.4 Å². The summed E-state index contributed by atoms with van der Waals surface area (Å²) in [7, 11) is -3.21. The monoisotopic (exact) mass is 338 g/mol. The van der Waals surface area contributed by atoms with E-state index in [0.717, 1.165) is 16.7 Å². The Balaban J connectivity index is 2.24. The van der Waals surface area contributed by atoms with E-state index in [0.29, 0.717) is 9.79 Å². The van der Waals surface area contributed by atoms with Gasteiger partial charge in [0, 0.05) is 11.9 Å². The number of imidazole rings is 1. The molecule has 1 aromatic heterocycles. The Morgan fingerprint density at radius 2 is 1.81 bits per heavy atom. The van der Waals surface area contributed by atoms with Crippen molar-refractivity contribution in [3.63, 3.8) is 0 Å². The molecule has 0 radical (unpaired) electrons. The first-order valence-electron chi connectivity index (χ1n) is 6.08. The van der Waals surface area contributed by atoms with Crippen molar-refractivity contribution < 1.29 is 8.42 Å². The average Bonchev–Trinajstić information content (AvgIpc) is 2.76. The highest BCUT2D eigenvalue weighted by molar-refractivity contribution is 7.90. The van der Waals surface area contributed by atoms with Gasteiger partial charge in [-0.05, 0) is 48.6 Å². The Kier molecular flexibility index (Phi) is 3.39. The van der Waals surface area contributed by atoms with Gasteiger partial charge < -0.3 is 4.98 Å². The van der Waals surface area contributed by atoms with E-state index in [1.807, 2.05) is 16.7 Å². The number of para-hydroxylation sites is 1. The molecule has 0 amide bonds. The summed E-state index contributed by atoms with van der Waals surface area (Å²) in [5.74, 6) is 0. The zero-order valence-electron chi connectivity index (χ0n) is 11.0. The number of aromatic amines is 1. The van der Waals surface area contributed by atoms with Crippen LogP contribution in [0.25, 0.3) is 16.7 Å². The zero-order valence-corrected chi connectivity index (χ0v) is 13.4. The largest absolute Gasteiger partial charge is 0.329 e. The van der Waals surface area contributed by atoms with Crippen molar-refractivity contribution in [2.45, 2.75) is 4.90 Å². The number of hydrogen-bond donors (Lipinski definition) is 1. The van der Waals surface area contributed by atoms with E-state index < -0.39 is 9.84 Å². The number of nitrogens with one attached hydrogen (secondary N) is 1. The fourth-order valence-electron chi connectivity index (χ4n) is 2.19. The molecule has 0 atom stereocenters. The molecule has 3 rings (SSSR count). The lowest BCUT2D eigenvalue weighted by atomic mass is 10.3. The van der Waals surface area contributed by atoms with Gasteiger partial charge in [0.2, 0.25) is 0 Å². The van der Waals surface area contributed by atoms with Gasteiger partial charge in [-0.2, -0.15) is 0 Å². The minimum Gasteiger partial charge on any atom is -0.329 e. The van der Waals surface area contributed by atoms with Crippen molar-refractivity contribution in [1.29, 1.82) is 0 Å². The Morgan fingerprint density at radius 3 is 2.43 bits per heavy atom. The third-order valence-electron chi connectivity index (χ3n) is 3.19. The molecule has 0 aliphatic heterocycles. The molecule has 2 aromatic carbocycles. The van der Waals surface area contributed by atoms with Gasteiger partial charge in [0.1, 0.15) is 0 Å². The Morgan fingerprint density at radius 1 is 1.14 bits per heavy atom. The third kappa shape index (κ3) is 2.50. The smallest absolute Gasteiger partial charge is 0.182 e. The fourth-order valence-corrected chi connectivity index (χ4v) is 3.35. The number of rotatable bonds is 2. The van der Waals surface area contributed by atoms with Crippen LogP contribution in [0.2, 0.25) is 5.02 Å². The molecule has 0 fully saturated rings. The SMILES string of the molecule is CS(=O)(=O)c1ccc(-n2c(=S)[nH]c3c(Cl)cccc32)cc1. The molecule has 7 heteroatoms. The summed E-state index contributed by atoms with van der Waals surface area (Å²) in [4.78, 5) is 3.34. The van der Waals surface area contributed by atoms with E-state index in [-0.39, 0.29) is 4.90 Å². The summed E-state index contributed by atoms with van der Waals surface area (Å²) in [6.07, 6.45) is 1.18. The highest BCUT2D eigenvalue weighted by atomic mass is 35.5. The van der Waals surface area contributed by atoms with Gasteiger partial charge in [-0.3, -0.25) is 4.57 Å². The Bertz CT molecular complexity index is 986. The topological polar surface area (TPSA) is 54.9 Å². The lowest BCUT2D eigenvalue weighted by Gasteiger charge is -2.06. The molecular formula is C14H11ClN2O2S2. The van der Waals surface area contributed by atoms with E-state index >= 15 is 0 Å². The summed E-state index contributed by atoms with van der Waals surface area (Å²) in [6.45, 7) is 0. The average molecular weight is 339 g/mol. The Labute approximate surface area is 131 Å². The lowest BCUT2D eigenvalue weighted by Crippen LogP contribution is -1.98. The summed E-state index contributed by atoms with van der Waals surface area (Å²) >= 11 is 11.5. The molecule has 0 aliphatic carbocycles. The number of aromatic nitrogens is 2. The van der Waals surface area contributed by atoms with Gasteiger partial charge in [0.25, 0.3) is 0 Å². The van der Waals surface area contributed by atoms with Crippen LogP contribution in [0.1, 0.15) is 0 Å². The molecule has 1 heterocycles. The molecule has 21 heavy (non-hydrogen) atoms. The van der Waals surface area contributed by atoms with E-state index in [2.05, 4.69) is 4.98 Å². The van der Waals surface area contributed by atoms with Crippen molar-refractivity contribution in [1.82, 2.24) is 9.55 Å². The number of benzene rings is 2. The highest BCUT2D eigenvalue weighted by Crippen LogP contribution is 2.25. The lowest BCUT2D eigenvalue weighted by molar-refractivity contribution is 0.602. The predicted molar refractivity (Wildman–Crippen MR) is 86.6 cm³/mol. The second-order valence-corrected chi connectivity index (χ2v) is 7.48. The predicted octanol–water partition coefficient (Wildman–Crippen LogP) is 3.74. The van der Waals surface area contributed by atoms with Gasteiger partial charge in [0.05, 0.1) is 21.0 Å². The molecule has 0 saturated carbocycles. The van der Waals surface area contributed by atoms with Crippen molar-refractivity contribution in [2.75, 3.05) is 6.26 Å². The van der Waals surface area contributed by atoms with Crippen LogP contribution in [0.5, 0.6) is 0 Å². The van der Waals surface area contributed by atoms with E-state index in [1.165, 1.54) is 6.26 Å². The van der Waals surface area contributed by atoms with E-state index in [4.69, 9.17) is 23.8 Å². The molecule has 3 aromatic rings. The second-order valence-electron chi connectivity index (χ2n) is 4.67. The molecule has 0 spiro atoms. The van der Waals surface area contributed by atoms with Crippen LogP contribution in [0.3, 0.4) is 0 Å². The maximum absolute atomic E-state index is 11.5. The quantitative estimate of drug-likeness (QED) is 0.724. The first kappa shape index (κ1) is 14.3. The second kappa shape index (κ2) is 4.98. The number of hydrogen-bond acceptors (Lipinski definition) is 3. The van der Waals surface area contributed by atoms with Gasteiger partial charge in [-0.15, -0.1) is 0 Å². The molecule has 4 nitrogen and oxygen atoms in total. The first-order chi connectivity index (χ1) is 9.88. The summed E-state index contributed by atoms with van der Waals surface area (Å²) < 4.78 is 25.3. The summed E-state index contributed by atoms with van der Waals surface area (Å²) in [5, 5.41) is 0.588. The summed E-state index contributed by atoms with van der Waals surface area (Å²) in [6, 6.07) is 12.1. The number of fused-ring (bicyclic) bond motifs is 1. The first-order valence-corrected chi connectivity index (χ1v) is 8.75. The highest BCUT2D eigenvalue weighted by Gasteiger charge is 2.11. The number of H-pyrrole nitrogens is 1. The number of sulfone groups is 1. The fraction of sp³-hybridized carbons (Fsp3) is 0.0714. The minimum atomic E-state index is -3.21. The van der Waals surface area contributed by atoms with Crippen LogP contribution in [-0.2, 0) is 9.84 Å². The van der Waals surface area contributed by atoms with Gasteiger partial charge in [-0.25, -0.2) is 8.42 Å². The molecule has 1 N–H and O–H groups in total. The number of halogens is 1. The molecule has 108 valence electrons. The zero-order chi connectivity index (χ0) is 15.2. The van der Waals surface area contributed by atoms with Gasteiger partial charge in [0.15, 0.2) is 14.6 Å². The normalized spacial score (nSPS) is 11.9. The maximum atomic E-state index is 11.5. The van der Waals surface area contributed by atoms with Gasteiger partial charge >= 0.3 is 0 Å². The van der Waals surface area contributed by atoms with Gasteiger partial charge in [-0.1, -0.05) is 17.7 Å². The van der Waals surface area contributed by atoms with Crippen molar-refractivity contribution in [3.05, 3.63) is 52.3 Å². The Hall–Kier alpha value is -1.63. The van der Waals surface area contributed by atoms with Crippen LogP contribution in [0.4, 0.5) is 0 Å². The van der Waals surface area contributed by atoms with Crippen molar-refractivity contribution in [2.24, 2.45) is 0 Å². The van der Waals surface area contributed by atoms with Crippen LogP contribution in [0, 0.1) is 4.77 Å². The van der Waals surface area contributed by atoms with E-state index in [1.54, 1.807) is 30.3 Å². The maximum Gasteiger partial charge on any atom is 0.182 e. The molecular weight excluding hydrogens is 328 g/mol. The van der Waals surface area contributed by atoms with Crippen LogP contribution in [-0.4, -0.2) is 24.2 Å². The standard InChI is InChI=1S/C14H11ClN2O2S2/c1-21(18,19)10-7-5-9(6-8-10)17-12-4-2-3-11(15)13(12)16-14(17)20/h2-8H,1H3,(H,16,20). The van der Waals surface area contributed by atoms with Crippen molar-refractivity contribution >= 4 is 44.7 Å². The van der Waals surface area contributed by atoms with Crippen LogP contribution >= 0.6 is 23.8 Å². The molecule has 0 unspecified atom stereocenters. The minimum absolute atomic E-state index is 0.274. The molecule has 0 bridgehead atoms.